The van der Waals surface area contributed by atoms with E-state index in [2.05, 4.69) is 53.5 Å². The number of hydrogen-bond donors (Lipinski definition) is 2. The summed E-state index contributed by atoms with van der Waals surface area (Å²) >= 11 is 0. The van der Waals surface area contributed by atoms with Crippen LogP contribution in [0.15, 0.2) is 48.5 Å². The molecule has 3 aliphatic rings. The number of carbonyl (C=O) groups excluding carboxylic acids is 2. The number of hydrogen-bond acceptors (Lipinski definition) is 3. The van der Waals surface area contributed by atoms with E-state index in [-0.39, 0.29) is 29.2 Å². The lowest BCUT2D eigenvalue weighted by atomic mass is 9.63. The third kappa shape index (κ3) is 3.43. The lowest BCUT2D eigenvalue weighted by molar-refractivity contribution is -0.140. The Hall–Kier alpha value is -2.66. The number of nitrogens with one attached hydrogen (secondary N) is 1. The fourth-order valence-electron chi connectivity index (χ4n) is 6.62. The number of likely N-dealkylation sites (tertiary alicyclic amines) is 1. The van der Waals surface area contributed by atoms with Crippen molar-refractivity contribution in [3.05, 3.63) is 70.8 Å². The molecule has 1 aliphatic carbocycles. The Balaban J connectivity index is 1.41. The quantitative estimate of drug-likeness (QED) is 0.782. The van der Waals surface area contributed by atoms with Crippen LogP contribution >= 0.6 is 0 Å². The maximum Gasteiger partial charge on any atom is 0.248 e. The summed E-state index contributed by atoms with van der Waals surface area (Å²) < 4.78 is 0. The summed E-state index contributed by atoms with van der Waals surface area (Å²) in [5, 5.41) is 3.53. The number of fused-ring (bicyclic) bond motifs is 2. The fourth-order valence-corrected chi connectivity index (χ4v) is 6.62. The number of benzene rings is 2. The van der Waals surface area contributed by atoms with Crippen molar-refractivity contribution >= 4 is 11.8 Å². The molecular weight excluding hydrogens is 398 g/mol. The van der Waals surface area contributed by atoms with Crippen LogP contribution in [0.25, 0.3) is 0 Å². The Kier molecular flexibility index (Phi) is 5.54. The van der Waals surface area contributed by atoms with E-state index in [0.29, 0.717) is 18.0 Å². The second-order valence-electron chi connectivity index (χ2n) is 9.90. The number of rotatable bonds is 3. The minimum atomic E-state index is -0.371. The molecule has 1 spiro atoms. The molecule has 2 aromatic carbocycles. The Morgan fingerprint density at radius 2 is 1.94 bits per heavy atom. The molecule has 2 saturated heterocycles. The zero-order valence-electron chi connectivity index (χ0n) is 18.8. The highest BCUT2D eigenvalue weighted by atomic mass is 16.2. The summed E-state index contributed by atoms with van der Waals surface area (Å²) in [6.07, 6.45) is 4.83. The summed E-state index contributed by atoms with van der Waals surface area (Å²) in [5.41, 5.74) is 9.67. The third-order valence-electron chi connectivity index (χ3n) is 8.21. The molecule has 4 unspecified atom stereocenters. The molecule has 5 nitrogen and oxygen atoms in total. The monoisotopic (exact) mass is 431 g/mol. The largest absolute Gasteiger partial charge is 0.366 e. The van der Waals surface area contributed by atoms with E-state index in [1.54, 1.807) is 0 Å². The van der Waals surface area contributed by atoms with Crippen LogP contribution < -0.4 is 11.1 Å². The molecule has 4 atom stereocenters. The average Bonchev–Trinajstić information content (AvgIpc) is 3.23. The van der Waals surface area contributed by atoms with Gasteiger partial charge < -0.3 is 16.0 Å². The van der Waals surface area contributed by atoms with Gasteiger partial charge in [0.2, 0.25) is 11.8 Å². The summed E-state index contributed by atoms with van der Waals surface area (Å²) in [4.78, 5) is 28.1. The lowest BCUT2D eigenvalue weighted by Crippen LogP contribution is -2.52. The van der Waals surface area contributed by atoms with Crippen molar-refractivity contribution < 1.29 is 9.59 Å². The molecule has 0 bridgehead atoms. The first-order valence-electron chi connectivity index (χ1n) is 12.0. The van der Waals surface area contributed by atoms with Crippen molar-refractivity contribution in [1.82, 2.24) is 10.2 Å². The topological polar surface area (TPSA) is 75.4 Å². The van der Waals surface area contributed by atoms with E-state index in [1.165, 1.54) is 5.56 Å². The number of carbonyl (C=O) groups is 2. The molecular formula is C27H33N3O2. The second-order valence-corrected chi connectivity index (χ2v) is 9.90. The van der Waals surface area contributed by atoms with Crippen molar-refractivity contribution in [1.29, 1.82) is 0 Å². The van der Waals surface area contributed by atoms with Crippen molar-refractivity contribution in [3.63, 3.8) is 0 Å². The smallest absolute Gasteiger partial charge is 0.248 e. The fraction of sp³-hybridized carbons (Fsp3) is 0.481. The first kappa shape index (κ1) is 21.2. The van der Waals surface area contributed by atoms with Gasteiger partial charge in [-0.3, -0.25) is 9.59 Å². The molecule has 2 heterocycles. The molecule has 168 valence electrons. The Morgan fingerprint density at radius 3 is 2.69 bits per heavy atom. The van der Waals surface area contributed by atoms with Crippen LogP contribution in [-0.4, -0.2) is 42.4 Å². The van der Waals surface area contributed by atoms with Gasteiger partial charge in [-0.2, -0.15) is 0 Å². The summed E-state index contributed by atoms with van der Waals surface area (Å²) in [5.74, 6) is 0.315. The highest BCUT2D eigenvalue weighted by Gasteiger charge is 2.52. The lowest BCUT2D eigenvalue weighted by Gasteiger charge is -2.44. The Bertz CT molecular complexity index is 1020. The Labute approximate surface area is 190 Å². The molecule has 2 aliphatic heterocycles. The highest BCUT2D eigenvalue weighted by Crippen LogP contribution is 2.47. The summed E-state index contributed by atoms with van der Waals surface area (Å²) in [6, 6.07) is 16.8. The van der Waals surface area contributed by atoms with Gasteiger partial charge in [-0.05, 0) is 67.7 Å². The zero-order valence-corrected chi connectivity index (χ0v) is 18.8. The van der Waals surface area contributed by atoms with Crippen molar-refractivity contribution in [3.8, 4) is 0 Å². The highest BCUT2D eigenvalue weighted by molar-refractivity contribution is 5.95. The third-order valence-corrected chi connectivity index (χ3v) is 8.21. The van der Waals surface area contributed by atoms with Crippen LogP contribution in [0.4, 0.5) is 0 Å². The molecule has 5 heteroatoms. The van der Waals surface area contributed by atoms with Gasteiger partial charge in [-0.25, -0.2) is 0 Å². The maximum absolute atomic E-state index is 14.0. The van der Waals surface area contributed by atoms with Gasteiger partial charge in [0, 0.05) is 36.7 Å². The average molecular weight is 432 g/mol. The van der Waals surface area contributed by atoms with Gasteiger partial charge in [0.1, 0.15) is 0 Å². The number of nitrogens with zero attached hydrogens (tertiary/aromatic N) is 1. The number of primary amides is 1. The summed E-state index contributed by atoms with van der Waals surface area (Å²) in [7, 11) is 0. The maximum atomic E-state index is 14.0. The first-order chi connectivity index (χ1) is 15.5. The van der Waals surface area contributed by atoms with Crippen molar-refractivity contribution in [2.24, 2.45) is 11.7 Å². The predicted molar refractivity (Wildman–Crippen MR) is 126 cm³/mol. The van der Waals surface area contributed by atoms with E-state index in [1.807, 2.05) is 12.1 Å². The van der Waals surface area contributed by atoms with Crippen LogP contribution in [0.2, 0.25) is 0 Å². The number of piperidine rings is 1. The molecule has 2 fully saturated rings. The van der Waals surface area contributed by atoms with E-state index >= 15 is 0 Å². The molecule has 0 aromatic heterocycles. The van der Waals surface area contributed by atoms with Gasteiger partial charge in [0.25, 0.3) is 0 Å². The van der Waals surface area contributed by atoms with Gasteiger partial charge in [-0.1, -0.05) is 42.5 Å². The van der Waals surface area contributed by atoms with Gasteiger partial charge in [0.05, 0.1) is 5.92 Å². The van der Waals surface area contributed by atoms with Crippen LogP contribution in [0.3, 0.4) is 0 Å². The zero-order chi connectivity index (χ0) is 22.3. The molecule has 0 saturated carbocycles. The van der Waals surface area contributed by atoms with Crippen molar-refractivity contribution in [2.75, 3.05) is 19.6 Å². The van der Waals surface area contributed by atoms with Gasteiger partial charge in [0.15, 0.2) is 0 Å². The Morgan fingerprint density at radius 1 is 1.12 bits per heavy atom. The van der Waals surface area contributed by atoms with E-state index in [0.717, 1.165) is 56.3 Å². The molecule has 3 N–H and O–H groups in total. The molecule has 32 heavy (non-hydrogen) atoms. The number of amides is 2. The van der Waals surface area contributed by atoms with Gasteiger partial charge in [-0.15, -0.1) is 0 Å². The minimum Gasteiger partial charge on any atom is -0.366 e. The standard InChI is InChI=1S/C27H33N3O2/c1-18-15-20(19-7-3-2-4-8-19)12-14-30(18)26(32)24-16-29-17-27(24)13-6-10-21-22(25(28)31)9-5-11-23(21)27/h2-5,7-9,11,18,20,24,29H,6,10,12-17H2,1H3,(H2,28,31). The molecule has 5 rings (SSSR count). The van der Waals surface area contributed by atoms with Crippen LogP contribution in [0.5, 0.6) is 0 Å². The van der Waals surface area contributed by atoms with Crippen LogP contribution in [0, 0.1) is 5.92 Å². The summed E-state index contributed by atoms with van der Waals surface area (Å²) in [6.45, 7) is 4.49. The first-order valence-corrected chi connectivity index (χ1v) is 12.0. The predicted octanol–water partition coefficient (Wildman–Crippen LogP) is 3.37. The van der Waals surface area contributed by atoms with E-state index < -0.39 is 0 Å². The number of nitrogens with two attached hydrogens (primary N) is 1. The van der Waals surface area contributed by atoms with E-state index in [4.69, 9.17) is 5.73 Å². The second kappa shape index (κ2) is 8.36. The van der Waals surface area contributed by atoms with Crippen LogP contribution in [-0.2, 0) is 16.6 Å². The SMILES string of the molecule is CC1CC(c2ccccc2)CCN1C(=O)C1CNCC12CCCc1c(C(N)=O)cccc12. The van der Waals surface area contributed by atoms with Crippen molar-refractivity contribution in [2.45, 2.75) is 56.4 Å². The van der Waals surface area contributed by atoms with E-state index in [9.17, 15) is 9.59 Å². The normalized spacial score (nSPS) is 29.7. The van der Waals surface area contributed by atoms with Gasteiger partial charge >= 0.3 is 0 Å². The molecule has 2 aromatic rings. The minimum absolute atomic E-state index is 0.0969. The molecule has 2 amide bonds. The molecule has 0 radical (unpaired) electrons. The van der Waals surface area contributed by atoms with Crippen LogP contribution in [0.1, 0.15) is 65.6 Å².